The molecule has 0 aliphatic heterocycles. The number of carbonyl (C=O) groups excluding carboxylic acids is 1. The predicted octanol–water partition coefficient (Wildman–Crippen LogP) is 0.913. The molecule has 0 radical (unpaired) electrons. The van der Waals surface area contributed by atoms with Crippen LogP contribution in [0, 0.1) is 6.92 Å². The number of hydrogen-bond acceptors (Lipinski definition) is 4. The lowest BCUT2D eigenvalue weighted by atomic mass is 10.1. The van der Waals surface area contributed by atoms with Gasteiger partial charge in [-0.1, -0.05) is 11.6 Å². The Morgan fingerprint density at radius 1 is 1.33 bits per heavy atom. The molecule has 0 atom stereocenters. The Balaban J connectivity index is 3.23. The standard InChI is InChI=1S/C13H18N2O5S/c1-4-15(8-12(16)17)13(18)10-7-9(2)5-6-11(10)14-21(3,19)20/h5-7,14H,4,8H2,1-3H3,(H,16,17). The summed E-state index contributed by atoms with van der Waals surface area (Å²) in [6.45, 7) is 3.17. The van der Waals surface area contributed by atoms with E-state index in [-0.39, 0.29) is 17.8 Å². The van der Waals surface area contributed by atoms with Gasteiger partial charge in [0.1, 0.15) is 6.54 Å². The van der Waals surface area contributed by atoms with Crippen molar-refractivity contribution < 1.29 is 23.1 Å². The third-order valence-electron chi connectivity index (χ3n) is 2.70. The maximum absolute atomic E-state index is 12.4. The van der Waals surface area contributed by atoms with E-state index in [1.807, 2.05) is 0 Å². The summed E-state index contributed by atoms with van der Waals surface area (Å²) in [5.74, 6) is -1.66. The zero-order chi connectivity index (χ0) is 16.2. The molecule has 1 rings (SSSR count). The molecule has 8 heteroatoms. The van der Waals surface area contributed by atoms with Crippen LogP contribution in [0.25, 0.3) is 0 Å². The number of aryl methyl sites for hydroxylation is 1. The molecular weight excluding hydrogens is 296 g/mol. The van der Waals surface area contributed by atoms with Gasteiger partial charge in [-0.25, -0.2) is 8.42 Å². The second kappa shape index (κ2) is 6.57. The molecule has 0 fully saturated rings. The number of amides is 1. The lowest BCUT2D eigenvalue weighted by molar-refractivity contribution is -0.137. The molecule has 1 aromatic rings. The van der Waals surface area contributed by atoms with Crippen LogP contribution in [-0.2, 0) is 14.8 Å². The van der Waals surface area contributed by atoms with E-state index in [4.69, 9.17) is 5.11 Å². The fourth-order valence-electron chi connectivity index (χ4n) is 1.78. The summed E-state index contributed by atoms with van der Waals surface area (Å²) in [6, 6.07) is 4.68. The molecule has 0 saturated heterocycles. The van der Waals surface area contributed by atoms with Gasteiger partial charge in [0, 0.05) is 6.54 Å². The van der Waals surface area contributed by atoms with Gasteiger partial charge in [-0.05, 0) is 26.0 Å². The van der Waals surface area contributed by atoms with Crippen molar-refractivity contribution in [2.45, 2.75) is 13.8 Å². The highest BCUT2D eigenvalue weighted by atomic mass is 32.2. The molecule has 2 N–H and O–H groups in total. The van der Waals surface area contributed by atoms with Gasteiger partial charge in [0.15, 0.2) is 0 Å². The van der Waals surface area contributed by atoms with Gasteiger partial charge in [-0.2, -0.15) is 0 Å². The van der Waals surface area contributed by atoms with Gasteiger partial charge in [0.2, 0.25) is 10.0 Å². The maximum atomic E-state index is 12.4. The van der Waals surface area contributed by atoms with E-state index in [9.17, 15) is 18.0 Å². The Labute approximate surface area is 123 Å². The van der Waals surface area contributed by atoms with Crippen LogP contribution in [0.3, 0.4) is 0 Å². The summed E-state index contributed by atoms with van der Waals surface area (Å²) in [6.07, 6.45) is 0.982. The molecule has 116 valence electrons. The molecule has 1 amide bonds. The number of likely N-dealkylation sites (N-methyl/N-ethyl adjacent to an activating group) is 1. The number of aliphatic carboxylic acids is 1. The quantitative estimate of drug-likeness (QED) is 0.812. The number of nitrogens with one attached hydrogen (secondary N) is 1. The molecule has 0 aliphatic rings. The average Bonchev–Trinajstić information content (AvgIpc) is 2.35. The van der Waals surface area contributed by atoms with E-state index in [0.29, 0.717) is 0 Å². The van der Waals surface area contributed by atoms with Crippen LogP contribution in [-0.4, -0.2) is 49.6 Å². The molecule has 0 bridgehead atoms. The van der Waals surface area contributed by atoms with Crippen molar-refractivity contribution in [2.75, 3.05) is 24.1 Å². The Hall–Kier alpha value is -2.09. The molecule has 1 aromatic carbocycles. The Bertz CT molecular complexity index is 655. The normalized spacial score (nSPS) is 11.0. The van der Waals surface area contributed by atoms with E-state index >= 15 is 0 Å². The summed E-state index contributed by atoms with van der Waals surface area (Å²) in [4.78, 5) is 24.3. The molecule has 0 unspecified atom stereocenters. The van der Waals surface area contributed by atoms with Crippen LogP contribution in [0.15, 0.2) is 18.2 Å². The highest BCUT2D eigenvalue weighted by molar-refractivity contribution is 7.92. The summed E-state index contributed by atoms with van der Waals surface area (Å²) in [7, 11) is -3.54. The number of anilines is 1. The van der Waals surface area contributed by atoms with E-state index in [1.165, 1.54) is 12.1 Å². The number of carboxylic acid groups (broad SMARTS) is 1. The van der Waals surface area contributed by atoms with E-state index in [2.05, 4.69) is 4.72 Å². The van der Waals surface area contributed by atoms with Gasteiger partial charge < -0.3 is 10.0 Å². The molecule has 0 aromatic heterocycles. The van der Waals surface area contributed by atoms with Crippen molar-refractivity contribution >= 4 is 27.6 Å². The predicted molar refractivity (Wildman–Crippen MR) is 78.9 cm³/mol. The second-order valence-corrected chi connectivity index (χ2v) is 6.38. The fourth-order valence-corrected chi connectivity index (χ4v) is 2.36. The fraction of sp³-hybridized carbons (Fsp3) is 0.385. The second-order valence-electron chi connectivity index (χ2n) is 4.64. The van der Waals surface area contributed by atoms with Crippen molar-refractivity contribution in [3.05, 3.63) is 29.3 Å². The van der Waals surface area contributed by atoms with Crippen LogP contribution in [0.2, 0.25) is 0 Å². The molecule has 0 aliphatic carbocycles. The monoisotopic (exact) mass is 314 g/mol. The van der Waals surface area contributed by atoms with Gasteiger partial charge >= 0.3 is 5.97 Å². The Kier molecular flexibility index (Phi) is 5.31. The third-order valence-corrected chi connectivity index (χ3v) is 3.29. The zero-order valence-electron chi connectivity index (χ0n) is 12.1. The van der Waals surface area contributed by atoms with Gasteiger partial charge in [-0.15, -0.1) is 0 Å². The first-order valence-corrected chi connectivity index (χ1v) is 8.12. The van der Waals surface area contributed by atoms with Crippen LogP contribution < -0.4 is 4.72 Å². The molecular formula is C13H18N2O5S. The number of carboxylic acids is 1. The summed E-state index contributed by atoms with van der Waals surface area (Å²) < 4.78 is 25.0. The van der Waals surface area contributed by atoms with Crippen molar-refractivity contribution in [1.29, 1.82) is 0 Å². The first-order valence-electron chi connectivity index (χ1n) is 6.23. The van der Waals surface area contributed by atoms with E-state index in [0.717, 1.165) is 16.7 Å². The number of benzene rings is 1. The van der Waals surface area contributed by atoms with Crippen LogP contribution in [0.5, 0.6) is 0 Å². The zero-order valence-corrected chi connectivity index (χ0v) is 12.9. The number of hydrogen-bond donors (Lipinski definition) is 2. The smallest absolute Gasteiger partial charge is 0.323 e. The van der Waals surface area contributed by atoms with Crippen molar-refractivity contribution in [1.82, 2.24) is 4.90 Å². The van der Waals surface area contributed by atoms with Crippen LogP contribution in [0.1, 0.15) is 22.8 Å². The summed E-state index contributed by atoms with van der Waals surface area (Å²) >= 11 is 0. The Morgan fingerprint density at radius 2 is 1.95 bits per heavy atom. The third kappa shape index (κ3) is 5.07. The highest BCUT2D eigenvalue weighted by Crippen LogP contribution is 2.20. The van der Waals surface area contributed by atoms with Gasteiger partial charge in [0.05, 0.1) is 17.5 Å². The lowest BCUT2D eigenvalue weighted by Crippen LogP contribution is -2.36. The topological polar surface area (TPSA) is 104 Å². The molecule has 0 saturated carbocycles. The minimum absolute atomic E-state index is 0.128. The Morgan fingerprint density at radius 3 is 2.43 bits per heavy atom. The number of nitrogens with zero attached hydrogens (tertiary/aromatic N) is 1. The SMILES string of the molecule is CCN(CC(=O)O)C(=O)c1cc(C)ccc1NS(C)(=O)=O. The highest BCUT2D eigenvalue weighted by Gasteiger charge is 2.21. The van der Waals surface area contributed by atoms with Gasteiger partial charge in [-0.3, -0.25) is 14.3 Å². The lowest BCUT2D eigenvalue weighted by Gasteiger charge is -2.20. The minimum atomic E-state index is -3.54. The first kappa shape index (κ1) is 17.0. The van der Waals surface area contributed by atoms with Crippen LogP contribution in [0.4, 0.5) is 5.69 Å². The van der Waals surface area contributed by atoms with Crippen LogP contribution >= 0.6 is 0 Å². The summed E-state index contributed by atoms with van der Waals surface area (Å²) in [5.41, 5.74) is 1.03. The maximum Gasteiger partial charge on any atom is 0.323 e. The molecule has 21 heavy (non-hydrogen) atoms. The minimum Gasteiger partial charge on any atom is -0.480 e. The number of carbonyl (C=O) groups is 2. The van der Waals surface area contributed by atoms with Crippen molar-refractivity contribution in [3.8, 4) is 0 Å². The largest absolute Gasteiger partial charge is 0.480 e. The van der Waals surface area contributed by atoms with E-state index in [1.54, 1.807) is 19.9 Å². The van der Waals surface area contributed by atoms with Crippen molar-refractivity contribution in [3.63, 3.8) is 0 Å². The molecule has 7 nitrogen and oxygen atoms in total. The number of rotatable bonds is 6. The van der Waals surface area contributed by atoms with Gasteiger partial charge in [0.25, 0.3) is 5.91 Å². The molecule has 0 spiro atoms. The number of sulfonamides is 1. The summed E-state index contributed by atoms with van der Waals surface area (Å²) in [5, 5.41) is 8.82. The first-order chi connectivity index (χ1) is 9.64. The van der Waals surface area contributed by atoms with E-state index < -0.39 is 28.4 Å². The average molecular weight is 314 g/mol. The van der Waals surface area contributed by atoms with Crippen molar-refractivity contribution in [2.24, 2.45) is 0 Å². The molecule has 0 heterocycles.